The van der Waals surface area contributed by atoms with Crippen molar-refractivity contribution in [2.45, 2.75) is 38.6 Å². The number of likely N-dealkylation sites (tertiary alicyclic amines) is 1. The second kappa shape index (κ2) is 7.20. The van der Waals surface area contributed by atoms with E-state index in [1.807, 2.05) is 0 Å². The number of hydrogen-bond acceptors (Lipinski definition) is 3. The summed E-state index contributed by atoms with van der Waals surface area (Å²) in [5.74, 6) is -0.687. The fraction of sp³-hybridized carbons (Fsp3) is 0.833. The third-order valence-corrected chi connectivity index (χ3v) is 3.23. The van der Waals surface area contributed by atoms with Crippen molar-refractivity contribution < 1.29 is 19.8 Å². The van der Waals surface area contributed by atoms with Gasteiger partial charge in [0, 0.05) is 32.2 Å². The summed E-state index contributed by atoms with van der Waals surface area (Å²) in [6.45, 7) is 3.19. The molecule has 0 spiro atoms. The molecule has 0 aliphatic carbocycles. The molecule has 2 atom stereocenters. The van der Waals surface area contributed by atoms with Gasteiger partial charge in [0.1, 0.15) is 0 Å². The zero-order chi connectivity index (χ0) is 13.5. The molecule has 0 radical (unpaired) electrons. The molecule has 1 rings (SSSR count). The Morgan fingerprint density at radius 1 is 1.50 bits per heavy atom. The summed E-state index contributed by atoms with van der Waals surface area (Å²) < 4.78 is 0. The number of carboxylic acids is 1. The first-order valence-electron chi connectivity index (χ1n) is 6.41. The molecule has 0 aromatic rings. The molecular formula is C12H22N2O4. The Kier molecular flexibility index (Phi) is 5.91. The minimum atomic E-state index is -0.852. The van der Waals surface area contributed by atoms with Gasteiger partial charge < -0.3 is 20.4 Å². The number of aliphatic hydroxyl groups excluding tert-OH is 1. The summed E-state index contributed by atoms with van der Waals surface area (Å²) in [5, 5.41) is 20.4. The Morgan fingerprint density at radius 2 is 2.22 bits per heavy atom. The third-order valence-electron chi connectivity index (χ3n) is 3.23. The molecule has 1 fully saturated rings. The van der Waals surface area contributed by atoms with Gasteiger partial charge in [-0.25, -0.2) is 4.79 Å². The van der Waals surface area contributed by atoms with Crippen LogP contribution in [0.25, 0.3) is 0 Å². The topological polar surface area (TPSA) is 89.9 Å². The number of nitrogens with zero attached hydrogens (tertiary/aromatic N) is 1. The number of aliphatic hydroxyl groups is 1. The van der Waals surface area contributed by atoms with Crippen molar-refractivity contribution in [3.8, 4) is 0 Å². The van der Waals surface area contributed by atoms with Gasteiger partial charge in [-0.2, -0.15) is 0 Å². The van der Waals surface area contributed by atoms with E-state index in [0.717, 1.165) is 12.8 Å². The molecule has 0 aromatic heterocycles. The largest absolute Gasteiger partial charge is 0.481 e. The van der Waals surface area contributed by atoms with Crippen LogP contribution in [0.3, 0.4) is 0 Å². The van der Waals surface area contributed by atoms with Gasteiger partial charge in [-0.1, -0.05) is 0 Å². The van der Waals surface area contributed by atoms with Gasteiger partial charge in [0.2, 0.25) is 0 Å². The highest BCUT2D eigenvalue weighted by atomic mass is 16.4. The first kappa shape index (κ1) is 14.8. The van der Waals surface area contributed by atoms with E-state index in [1.54, 1.807) is 11.8 Å². The first-order valence-corrected chi connectivity index (χ1v) is 6.41. The standard InChI is InChI=1S/C12H22N2O4/c1-9(4-5-11(16)17)13-12(18)14-6-2-3-10(7-14)8-15/h9-10,15H,2-8H2,1H3,(H,13,18)(H,16,17). The Morgan fingerprint density at radius 3 is 2.83 bits per heavy atom. The van der Waals surface area contributed by atoms with Crippen LogP contribution in [-0.2, 0) is 4.79 Å². The maximum absolute atomic E-state index is 11.9. The van der Waals surface area contributed by atoms with E-state index in [0.29, 0.717) is 19.5 Å². The minimum Gasteiger partial charge on any atom is -0.481 e. The van der Waals surface area contributed by atoms with Gasteiger partial charge in [-0.3, -0.25) is 4.79 Å². The quantitative estimate of drug-likeness (QED) is 0.675. The summed E-state index contributed by atoms with van der Waals surface area (Å²) in [7, 11) is 0. The van der Waals surface area contributed by atoms with E-state index in [-0.39, 0.29) is 31.0 Å². The fourth-order valence-corrected chi connectivity index (χ4v) is 2.11. The Balaban J connectivity index is 2.32. The Labute approximate surface area is 107 Å². The van der Waals surface area contributed by atoms with Crippen LogP contribution < -0.4 is 5.32 Å². The summed E-state index contributed by atoms with van der Waals surface area (Å²) >= 11 is 0. The van der Waals surface area contributed by atoms with Crippen LogP contribution in [0.2, 0.25) is 0 Å². The molecule has 1 saturated heterocycles. The lowest BCUT2D eigenvalue weighted by molar-refractivity contribution is -0.137. The number of nitrogens with one attached hydrogen (secondary N) is 1. The smallest absolute Gasteiger partial charge is 0.317 e. The predicted octanol–water partition coefficient (Wildman–Crippen LogP) is 0.654. The average molecular weight is 258 g/mol. The summed E-state index contributed by atoms with van der Waals surface area (Å²) in [6, 6.07) is -0.311. The molecule has 18 heavy (non-hydrogen) atoms. The molecule has 0 aromatic carbocycles. The Bertz CT molecular complexity index is 296. The molecule has 1 heterocycles. The zero-order valence-electron chi connectivity index (χ0n) is 10.8. The molecule has 2 unspecified atom stereocenters. The SMILES string of the molecule is CC(CCC(=O)O)NC(=O)N1CCCC(CO)C1. The van der Waals surface area contributed by atoms with E-state index in [2.05, 4.69) is 5.32 Å². The van der Waals surface area contributed by atoms with Crippen molar-refractivity contribution in [3.63, 3.8) is 0 Å². The molecule has 0 saturated carbocycles. The van der Waals surface area contributed by atoms with Gasteiger partial charge in [-0.05, 0) is 32.1 Å². The van der Waals surface area contributed by atoms with Crippen LogP contribution in [0.1, 0.15) is 32.6 Å². The van der Waals surface area contributed by atoms with Crippen LogP contribution in [0, 0.1) is 5.92 Å². The molecule has 3 N–H and O–H groups in total. The van der Waals surface area contributed by atoms with Crippen LogP contribution in [0.5, 0.6) is 0 Å². The zero-order valence-corrected chi connectivity index (χ0v) is 10.8. The number of hydrogen-bond donors (Lipinski definition) is 3. The second-order valence-electron chi connectivity index (χ2n) is 4.92. The van der Waals surface area contributed by atoms with E-state index < -0.39 is 5.97 Å². The normalized spacial score (nSPS) is 21.4. The summed E-state index contributed by atoms with van der Waals surface area (Å²) in [6.07, 6.45) is 2.34. The Hall–Kier alpha value is -1.30. The number of piperidine rings is 1. The second-order valence-corrected chi connectivity index (χ2v) is 4.92. The molecule has 2 amide bonds. The van der Waals surface area contributed by atoms with Crippen molar-refractivity contribution in [2.75, 3.05) is 19.7 Å². The number of aliphatic carboxylic acids is 1. The number of carboxylic acid groups (broad SMARTS) is 1. The highest BCUT2D eigenvalue weighted by Gasteiger charge is 2.23. The van der Waals surface area contributed by atoms with E-state index in [9.17, 15) is 9.59 Å². The van der Waals surface area contributed by atoms with Crippen LogP contribution in [-0.4, -0.2) is 52.9 Å². The van der Waals surface area contributed by atoms with Crippen LogP contribution >= 0.6 is 0 Å². The average Bonchev–Trinajstić information content (AvgIpc) is 2.36. The van der Waals surface area contributed by atoms with E-state index in [4.69, 9.17) is 10.2 Å². The van der Waals surface area contributed by atoms with Gasteiger partial charge >= 0.3 is 12.0 Å². The number of rotatable bonds is 5. The van der Waals surface area contributed by atoms with Crippen molar-refractivity contribution in [1.29, 1.82) is 0 Å². The third kappa shape index (κ3) is 4.91. The summed E-state index contributed by atoms with van der Waals surface area (Å²) in [4.78, 5) is 24.0. The van der Waals surface area contributed by atoms with Crippen molar-refractivity contribution in [1.82, 2.24) is 10.2 Å². The van der Waals surface area contributed by atoms with Crippen LogP contribution in [0.15, 0.2) is 0 Å². The first-order chi connectivity index (χ1) is 8.52. The fourth-order valence-electron chi connectivity index (χ4n) is 2.11. The molecule has 6 heteroatoms. The van der Waals surface area contributed by atoms with E-state index in [1.165, 1.54) is 0 Å². The van der Waals surface area contributed by atoms with Crippen LogP contribution in [0.4, 0.5) is 4.79 Å². The number of carbonyl (C=O) groups is 2. The van der Waals surface area contributed by atoms with Gasteiger partial charge in [-0.15, -0.1) is 0 Å². The number of urea groups is 1. The van der Waals surface area contributed by atoms with Crippen molar-refractivity contribution >= 4 is 12.0 Å². The van der Waals surface area contributed by atoms with E-state index >= 15 is 0 Å². The molecule has 104 valence electrons. The summed E-state index contributed by atoms with van der Waals surface area (Å²) in [5.41, 5.74) is 0. The monoisotopic (exact) mass is 258 g/mol. The lowest BCUT2D eigenvalue weighted by Gasteiger charge is -2.32. The molecule has 1 aliphatic rings. The molecule has 6 nitrogen and oxygen atoms in total. The van der Waals surface area contributed by atoms with Crippen molar-refractivity contribution in [2.24, 2.45) is 5.92 Å². The minimum absolute atomic E-state index is 0.0563. The predicted molar refractivity (Wildman–Crippen MR) is 66.2 cm³/mol. The van der Waals surface area contributed by atoms with Crippen molar-refractivity contribution in [3.05, 3.63) is 0 Å². The lowest BCUT2D eigenvalue weighted by atomic mass is 9.99. The molecule has 1 aliphatic heterocycles. The molecule has 0 bridgehead atoms. The number of carbonyl (C=O) groups excluding carboxylic acids is 1. The van der Waals surface area contributed by atoms with Gasteiger partial charge in [0.05, 0.1) is 0 Å². The number of amides is 2. The highest BCUT2D eigenvalue weighted by molar-refractivity contribution is 5.74. The highest BCUT2D eigenvalue weighted by Crippen LogP contribution is 2.15. The lowest BCUT2D eigenvalue weighted by Crippen LogP contribution is -2.48. The maximum atomic E-state index is 11.9. The molecular weight excluding hydrogens is 236 g/mol. The van der Waals surface area contributed by atoms with Gasteiger partial charge in [0.25, 0.3) is 0 Å². The maximum Gasteiger partial charge on any atom is 0.317 e. The van der Waals surface area contributed by atoms with Gasteiger partial charge in [0.15, 0.2) is 0 Å².